The van der Waals surface area contributed by atoms with Gasteiger partial charge in [-0.1, -0.05) is 30.3 Å². The normalized spacial score (nSPS) is 10.2. The van der Waals surface area contributed by atoms with Crippen molar-refractivity contribution < 1.29 is 9.47 Å². The summed E-state index contributed by atoms with van der Waals surface area (Å²) in [7, 11) is 1.59. The first-order valence-electron chi connectivity index (χ1n) is 7.35. The molecule has 0 saturated carbocycles. The van der Waals surface area contributed by atoms with E-state index in [1.54, 1.807) is 31.6 Å². The lowest BCUT2D eigenvalue weighted by atomic mass is 10.2. The molecular weight excluding hydrogens is 326 g/mol. The number of hydrogen-bond acceptors (Lipinski definition) is 5. The molecule has 0 radical (unpaired) electrons. The predicted octanol–water partition coefficient (Wildman–Crippen LogP) is 4.36. The van der Waals surface area contributed by atoms with Crippen LogP contribution in [0.1, 0.15) is 5.56 Å². The van der Waals surface area contributed by atoms with Gasteiger partial charge in [0, 0.05) is 42.4 Å². The molecule has 24 heavy (non-hydrogen) atoms. The monoisotopic (exact) mass is 341 g/mol. The Balaban J connectivity index is 1.82. The number of hydrogen-bond donors (Lipinski definition) is 0. The summed E-state index contributed by atoms with van der Waals surface area (Å²) in [4.78, 5) is 8.27. The summed E-state index contributed by atoms with van der Waals surface area (Å²) in [5.74, 6) is 1.66. The van der Waals surface area contributed by atoms with E-state index in [0.717, 1.165) is 5.56 Å². The van der Waals surface area contributed by atoms with Gasteiger partial charge in [0.1, 0.15) is 18.1 Å². The van der Waals surface area contributed by atoms with Crippen molar-refractivity contribution in [2.75, 3.05) is 11.5 Å². The average Bonchev–Trinajstić information content (AvgIpc) is 2.67. The molecule has 0 saturated heterocycles. The van der Waals surface area contributed by atoms with E-state index < -0.39 is 0 Å². The van der Waals surface area contributed by atoms with Gasteiger partial charge in [0.05, 0.1) is 12.8 Å². The Labute approximate surface area is 145 Å². The summed E-state index contributed by atoms with van der Waals surface area (Å²) in [5.41, 5.74) is 1.74. The van der Waals surface area contributed by atoms with Crippen molar-refractivity contribution in [3.05, 3.63) is 72.6 Å². The Kier molecular flexibility index (Phi) is 5.13. The second kappa shape index (κ2) is 7.66. The molecule has 0 aliphatic carbocycles. The van der Waals surface area contributed by atoms with E-state index in [9.17, 15) is 0 Å². The smallest absolute Gasteiger partial charge is 0.244 e. The molecule has 3 rings (SSSR count). The van der Waals surface area contributed by atoms with Crippen LogP contribution in [0.3, 0.4) is 0 Å². The highest BCUT2D eigenvalue weighted by Crippen LogP contribution is 2.32. The second-order valence-corrected chi connectivity index (χ2v) is 5.31. The van der Waals surface area contributed by atoms with Gasteiger partial charge in [0.15, 0.2) is 0 Å². The van der Waals surface area contributed by atoms with Crippen molar-refractivity contribution in [2.45, 2.75) is 6.61 Å². The zero-order chi connectivity index (χ0) is 16.8. The fourth-order valence-corrected chi connectivity index (χ4v) is 2.31. The van der Waals surface area contributed by atoms with Crippen molar-refractivity contribution in [2.24, 2.45) is 0 Å². The van der Waals surface area contributed by atoms with Gasteiger partial charge >= 0.3 is 0 Å². The number of benzene rings is 2. The molecule has 0 aliphatic rings. The number of halogens is 1. The van der Waals surface area contributed by atoms with Gasteiger partial charge < -0.3 is 9.47 Å². The molecule has 1 aromatic heterocycles. The van der Waals surface area contributed by atoms with Gasteiger partial charge in [-0.25, -0.2) is 14.4 Å². The predicted molar refractivity (Wildman–Crippen MR) is 93.8 cm³/mol. The summed E-state index contributed by atoms with van der Waals surface area (Å²) in [6.45, 7) is 0.456. The van der Waals surface area contributed by atoms with Crippen LogP contribution in [0.25, 0.3) is 0 Å². The topological polar surface area (TPSA) is 47.5 Å². The molecule has 1 heterocycles. The van der Waals surface area contributed by atoms with E-state index in [0.29, 0.717) is 29.7 Å². The van der Waals surface area contributed by atoms with E-state index in [2.05, 4.69) is 9.97 Å². The first kappa shape index (κ1) is 16.1. The second-order valence-electron chi connectivity index (χ2n) is 4.97. The first-order chi connectivity index (χ1) is 11.8. The van der Waals surface area contributed by atoms with Crippen molar-refractivity contribution in [3.8, 4) is 11.5 Å². The third-order valence-corrected chi connectivity index (χ3v) is 3.65. The quantitative estimate of drug-likeness (QED) is 0.623. The lowest BCUT2D eigenvalue weighted by molar-refractivity contribution is 0.304. The largest absolute Gasteiger partial charge is 0.497 e. The van der Waals surface area contributed by atoms with Crippen LogP contribution < -0.4 is 13.9 Å². The molecule has 0 fully saturated rings. The van der Waals surface area contributed by atoms with E-state index >= 15 is 0 Å². The zero-order valence-electron chi connectivity index (χ0n) is 13.1. The van der Waals surface area contributed by atoms with Crippen molar-refractivity contribution in [1.29, 1.82) is 0 Å². The van der Waals surface area contributed by atoms with E-state index in [4.69, 9.17) is 21.3 Å². The van der Waals surface area contributed by atoms with Crippen LogP contribution in [-0.4, -0.2) is 17.1 Å². The Bertz CT molecular complexity index is 785. The Morgan fingerprint density at radius 1 is 0.958 bits per heavy atom. The maximum Gasteiger partial charge on any atom is 0.244 e. The highest BCUT2D eigenvalue weighted by atomic mass is 35.5. The highest BCUT2D eigenvalue weighted by molar-refractivity contribution is 6.28. The molecule has 0 aliphatic heterocycles. The third-order valence-electron chi connectivity index (χ3n) is 3.30. The minimum atomic E-state index is 0.376. The highest BCUT2D eigenvalue weighted by Gasteiger charge is 2.12. The summed E-state index contributed by atoms with van der Waals surface area (Å²) in [6, 6.07) is 17.1. The minimum absolute atomic E-state index is 0.376. The Hall–Kier alpha value is -2.79. The van der Waals surface area contributed by atoms with E-state index in [1.807, 2.05) is 42.5 Å². The van der Waals surface area contributed by atoms with Crippen LogP contribution in [0.15, 0.2) is 67.0 Å². The van der Waals surface area contributed by atoms with Crippen molar-refractivity contribution in [3.63, 3.8) is 0 Å². The lowest BCUT2D eigenvalue weighted by Gasteiger charge is -2.16. The van der Waals surface area contributed by atoms with Gasteiger partial charge in [-0.15, -0.1) is 0 Å². The average molecular weight is 342 g/mol. The number of methoxy groups -OCH3 is 1. The number of nitrogens with zero attached hydrogens (tertiary/aromatic N) is 3. The van der Waals surface area contributed by atoms with Crippen molar-refractivity contribution >= 4 is 23.4 Å². The summed E-state index contributed by atoms with van der Waals surface area (Å²) < 4.78 is 12.5. The van der Waals surface area contributed by atoms with Crippen LogP contribution >= 0.6 is 11.8 Å². The molecule has 122 valence electrons. The van der Waals surface area contributed by atoms with Crippen LogP contribution in [0.4, 0.5) is 11.6 Å². The number of rotatable bonds is 6. The van der Waals surface area contributed by atoms with Crippen LogP contribution in [0.2, 0.25) is 0 Å². The van der Waals surface area contributed by atoms with Gasteiger partial charge in [0.25, 0.3) is 0 Å². The molecule has 0 unspecified atom stereocenters. The Morgan fingerprint density at radius 3 is 2.38 bits per heavy atom. The molecule has 0 N–H and O–H groups in total. The maximum absolute atomic E-state index is 6.35. The SMILES string of the molecule is COc1cc(OCc2ccccc2)cc(N(Cl)c2ncccn2)c1. The molecule has 0 bridgehead atoms. The first-order valence-corrected chi connectivity index (χ1v) is 7.69. The van der Waals surface area contributed by atoms with E-state index in [1.165, 1.54) is 4.42 Å². The number of ether oxygens (including phenoxy) is 2. The maximum atomic E-state index is 6.35. The molecule has 6 heteroatoms. The Morgan fingerprint density at radius 2 is 1.67 bits per heavy atom. The summed E-state index contributed by atoms with van der Waals surface area (Å²) in [6.07, 6.45) is 3.26. The zero-order valence-corrected chi connectivity index (χ0v) is 13.8. The summed E-state index contributed by atoms with van der Waals surface area (Å²) >= 11 is 6.35. The molecule has 3 aromatic rings. The van der Waals surface area contributed by atoms with Crippen LogP contribution in [0, 0.1) is 0 Å². The molecule has 0 atom stereocenters. The standard InChI is InChI=1S/C18H16ClN3O2/c1-23-16-10-15(22(19)18-20-8-5-9-21-18)11-17(12-16)24-13-14-6-3-2-4-7-14/h2-12H,13H2,1H3. The minimum Gasteiger partial charge on any atom is -0.497 e. The van der Waals surface area contributed by atoms with Crippen LogP contribution in [0.5, 0.6) is 11.5 Å². The molecule has 0 amide bonds. The van der Waals surface area contributed by atoms with Gasteiger partial charge in [-0.3, -0.25) is 0 Å². The molecule has 2 aromatic carbocycles. The molecular formula is C18H16ClN3O2. The fraction of sp³-hybridized carbons (Fsp3) is 0.111. The number of aromatic nitrogens is 2. The van der Waals surface area contributed by atoms with E-state index in [-0.39, 0.29) is 0 Å². The van der Waals surface area contributed by atoms with Gasteiger partial charge in [-0.2, -0.15) is 0 Å². The fourth-order valence-electron chi connectivity index (χ4n) is 2.12. The summed E-state index contributed by atoms with van der Waals surface area (Å²) in [5, 5.41) is 0. The van der Waals surface area contributed by atoms with Gasteiger partial charge in [-0.05, 0) is 11.6 Å². The number of anilines is 2. The third kappa shape index (κ3) is 3.94. The molecule has 0 spiro atoms. The van der Waals surface area contributed by atoms with Crippen molar-refractivity contribution in [1.82, 2.24) is 9.97 Å². The lowest BCUT2D eigenvalue weighted by Crippen LogP contribution is -2.06. The van der Waals surface area contributed by atoms with Gasteiger partial charge in [0.2, 0.25) is 5.95 Å². The van der Waals surface area contributed by atoms with Crippen LogP contribution in [-0.2, 0) is 6.61 Å². The molecule has 5 nitrogen and oxygen atoms in total.